The molecule has 1 aromatic heterocycles. The lowest BCUT2D eigenvalue weighted by atomic mass is 9.92. The Labute approximate surface area is 148 Å². The van der Waals surface area contributed by atoms with E-state index in [2.05, 4.69) is 27.2 Å². The molecule has 3 atom stereocenters. The lowest BCUT2D eigenvalue weighted by Crippen LogP contribution is -2.38. The van der Waals surface area contributed by atoms with Gasteiger partial charge in [0, 0.05) is 11.3 Å². The number of aliphatic hydroxyl groups excluding tert-OH is 1. The number of fused-ring (bicyclic) bond motifs is 1. The molecule has 0 saturated heterocycles. The molecule has 25 heavy (non-hydrogen) atoms. The fraction of sp³-hybridized carbons (Fsp3) is 0.500. The van der Waals surface area contributed by atoms with Gasteiger partial charge in [0.1, 0.15) is 0 Å². The highest BCUT2D eigenvalue weighted by Gasteiger charge is 2.34. The van der Waals surface area contributed by atoms with Gasteiger partial charge >= 0.3 is 0 Å². The van der Waals surface area contributed by atoms with Crippen LogP contribution in [0.4, 0.5) is 0 Å². The Balaban J connectivity index is 1.50. The van der Waals surface area contributed by atoms with E-state index in [1.54, 1.807) is 0 Å². The molecule has 0 radical (unpaired) electrons. The van der Waals surface area contributed by atoms with Crippen LogP contribution in [0.1, 0.15) is 55.0 Å². The Morgan fingerprint density at radius 2 is 2.04 bits per heavy atom. The first kappa shape index (κ1) is 16.3. The Kier molecular flexibility index (Phi) is 4.57. The molecule has 2 aromatic rings. The van der Waals surface area contributed by atoms with E-state index in [4.69, 9.17) is 0 Å². The summed E-state index contributed by atoms with van der Waals surface area (Å²) < 4.78 is 2.06. The summed E-state index contributed by atoms with van der Waals surface area (Å²) >= 11 is 0. The maximum atomic E-state index is 12.5. The number of hydrogen-bond acceptors (Lipinski definition) is 3. The largest absolute Gasteiger partial charge is 0.392 e. The van der Waals surface area contributed by atoms with E-state index in [0.717, 1.165) is 50.6 Å². The van der Waals surface area contributed by atoms with Crippen molar-refractivity contribution in [3.05, 3.63) is 53.3 Å². The number of benzene rings is 1. The van der Waals surface area contributed by atoms with Crippen molar-refractivity contribution in [3.63, 3.8) is 0 Å². The smallest absolute Gasteiger partial charge is 0.226 e. The molecule has 2 aliphatic carbocycles. The fourth-order valence-corrected chi connectivity index (χ4v) is 4.19. The fourth-order valence-electron chi connectivity index (χ4n) is 4.19. The van der Waals surface area contributed by atoms with Gasteiger partial charge in [-0.3, -0.25) is 9.48 Å². The molecule has 0 spiro atoms. The highest BCUT2D eigenvalue weighted by Crippen LogP contribution is 2.32. The van der Waals surface area contributed by atoms with Gasteiger partial charge in [-0.1, -0.05) is 30.3 Å². The number of rotatable bonds is 4. The Bertz CT molecular complexity index is 741. The van der Waals surface area contributed by atoms with Crippen LogP contribution in [0.25, 0.3) is 0 Å². The van der Waals surface area contributed by atoms with Crippen LogP contribution in [-0.4, -0.2) is 26.9 Å². The lowest BCUT2D eigenvalue weighted by molar-refractivity contribution is -0.128. The molecule has 132 valence electrons. The molecular weight excluding hydrogens is 314 g/mol. The predicted molar refractivity (Wildman–Crippen MR) is 94.9 cm³/mol. The first-order valence-corrected chi connectivity index (χ1v) is 9.29. The second-order valence-corrected chi connectivity index (χ2v) is 7.25. The SMILES string of the molecule is O=C(NC1CCCc2c1cnn2Cc1ccccc1)C1CCCC1O. The van der Waals surface area contributed by atoms with Crippen LogP contribution in [0.3, 0.4) is 0 Å². The van der Waals surface area contributed by atoms with Crippen molar-refractivity contribution >= 4 is 5.91 Å². The molecule has 1 fully saturated rings. The zero-order chi connectivity index (χ0) is 17.2. The second kappa shape index (κ2) is 7.00. The van der Waals surface area contributed by atoms with Crippen LogP contribution in [0, 0.1) is 5.92 Å². The lowest BCUT2D eigenvalue weighted by Gasteiger charge is -2.26. The molecule has 1 aromatic carbocycles. The van der Waals surface area contributed by atoms with Gasteiger partial charge in [0.2, 0.25) is 5.91 Å². The van der Waals surface area contributed by atoms with Gasteiger partial charge in [0.05, 0.1) is 30.8 Å². The molecule has 2 N–H and O–H groups in total. The molecule has 4 rings (SSSR count). The monoisotopic (exact) mass is 339 g/mol. The molecule has 0 bridgehead atoms. The third-order valence-electron chi connectivity index (χ3n) is 5.57. The molecular formula is C20H25N3O2. The van der Waals surface area contributed by atoms with E-state index in [0.29, 0.717) is 0 Å². The number of nitrogens with one attached hydrogen (secondary N) is 1. The number of nitrogens with zero attached hydrogens (tertiary/aromatic N) is 2. The van der Waals surface area contributed by atoms with Gasteiger partial charge in [0.25, 0.3) is 0 Å². The van der Waals surface area contributed by atoms with Crippen molar-refractivity contribution in [2.45, 2.75) is 57.2 Å². The summed E-state index contributed by atoms with van der Waals surface area (Å²) in [5.41, 5.74) is 3.60. The third kappa shape index (κ3) is 3.33. The number of carbonyl (C=O) groups is 1. The summed E-state index contributed by atoms with van der Waals surface area (Å²) in [4.78, 5) is 12.5. The maximum absolute atomic E-state index is 12.5. The predicted octanol–water partition coefficient (Wildman–Crippen LogP) is 2.59. The van der Waals surface area contributed by atoms with Crippen molar-refractivity contribution in [2.24, 2.45) is 5.92 Å². The number of aliphatic hydroxyl groups is 1. The first-order chi connectivity index (χ1) is 12.2. The van der Waals surface area contributed by atoms with E-state index in [1.165, 1.54) is 11.3 Å². The Hall–Kier alpha value is -2.14. The summed E-state index contributed by atoms with van der Waals surface area (Å²) in [7, 11) is 0. The van der Waals surface area contributed by atoms with Crippen LogP contribution < -0.4 is 5.32 Å². The Morgan fingerprint density at radius 1 is 1.20 bits per heavy atom. The molecule has 1 saturated carbocycles. The van der Waals surface area contributed by atoms with Crippen molar-refractivity contribution in [1.82, 2.24) is 15.1 Å². The van der Waals surface area contributed by atoms with E-state index in [-0.39, 0.29) is 17.9 Å². The quantitative estimate of drug-likeness (QED) is 0.900. The number of hydrogen-bond donors (Lipinski definition) is 2. The molecule has 1 heterocycles. The highest BCUT2D eigenvalue weighted by atomic mass is 16.3. The third-order valence-corrected chi connectivity index (χ3v) is 5.57. The second-order valence-electron chi connectivity index (χ2n) is 7.25. The zero-order valence-corrected chi connectivity index (χ0v) is 14.4. The van der Waals surface area contributed by atoms with Gasteiger partial charge in [-0.15, -0.1) is 0 Å². The van der Waals surface area contributed by atoms with Gasteiger partial charge in [0.15, 0.2) is 0 Å². The van der Waals surface area contributed by atoms with Gasteiger partial charge in [-0.05, 0) is 44.1 Å². The normalized spacial score (nSPS) is 25.6. The number of carbonyl (C=O) groups excluding carboxylic acids is 1. The highest BCUT2D eigenvalue weighted by molar-refractivity contribution is 5.80. The minimum atomic E-state index is -0.483. The van der Waals surface area contributed by atoms with E-state index < -0.39 is 6.10 Å². The standard InChI is InChI=1S/C20H25N3O2/c24-19-11-4-8-15(19)20(25)22-17-9-5-10-18-16(17)12-21-23(18)13-14-6-2-1-3-7-14/h1-3,6-7,12,15,17,19,24H,4-5,8-11,13H2,(H,22,25). The van der Waals surface area contributed by atoms with Crippen LogP contribution >= 0.6 is 0 Å². The summed E-state index contributed by atoms with van der Waals surface area (Å²) in [6.07, 6.45) is 6.88. The molecule has 2 aliphatic rings. The van der Waals surface area contributed by atoms with E-state index in [1.807, 2.05) is 24.4 Å². The zero-order valence-electron chi connectivity index (χ0n) is 14.4. The molecule has 5 heteroatoms. The maximum Gasteiger partial charge on any atom is 0.226 e. The molecule has 3 unspecified atom stereocenters. The molecule has 1 amide bonds. The van der Waals surface area contributed by atoms with Crippen LogP contribution in [0.2, 0.25) is 0 Å². The average Bonchev–Trinajstić information content (AvgIpc) is 3.23. The van der Waals surface area contributed by atoms with Crippen LogP contribution in [0.5, 0.6) is 0 Å². The number of aromatic nitrogens is 2. The average molecular weight is 339 g/mol. The van der Waals surface area contributed by atoms with Crippen molar-refractivity contribution in [3.8, 4) is 0 Å². The van der Waals surface area contributed by atoms with Crippen LogP contribution in [0.15, 0.2) is 36.5 Å². The number of amides is 1. The summed E-state index contributed by atoms with van der Waals surface area (Å²) in [5.74, 6) is -0.247. The topological polar surface area (TPSA) is 67.2 Å². The minimum Gasteiger partial charge on any atom is -0.392 e. The van der Waals surface area contributed by atoms with Crippen molar-refractivity contribution < 1.29 is 9.90 Å². The van der Waals surface area contributed by atoms with Gasteiger partial charge in [-0.2, -0.15) is 5.10 Å². The minimum absolute atomic E-state index is 0.00124. The molecule has 0 aliphatic heterocycles. The first-order valence-electron chi connectivity index (χ1n) is 9.29. The summed E-state index contributed by atoms with van der Waals surface area (Å²) in [6, 6.07) is 10.3. The van der Waals surface area contributed by atoms with E-state index in [9.17, 15) is 9.90 Å². The van der Waals surface area contributed by atoms with Gasteiger partial charge < -0.3 is 10.4 Å². The molecule has 5 nitrogen and oxygen atoms in total. The van der Waals surface area contributed by atoms with Crippen molar-refractivity contribution in [2.75, 3.05) is 0 Å². The van der Waals surface area contributed by atoms with Crippen molar-refractivity contribution in [1.29, 1.82) is 0 Å². The Morgan fingerprint density at radius 3 is 2.80 bits per heavy atom. The summed E-state index contributed by atoms with van der Waals surface area (Å²) in [5, 5.41) is 17.7. The van der Waals surface area contributed by atoms with Gasteiger partial charge in [-0.25, -0.2) is 0 Å². The van der Waals surface area contributed by atoms with E-state index >= 15 is 0 Å². The van der Waals surface area contributed by atoms with Crippen LogP contribution in [-0.2, 0) is 17.8 Å². The summed E-state index contributed by atoms with van der Waals surface area (Å²) in [6.45, 7) is 0.762.